The van der Waals surface area contributed by atoms with Crippen LogP contribution in [0.1, 0.15) is 24.5 Å². The van der Waals surface area contributed by atoms with Crippen molar-refractivity contribution in [1.29, 1.82) is 0 Å². The van der Waals surface area contributed by atoms with Gasteiger partial charge in [0.2, 0.25) is 5.91 Å². The number of amides is 1. The third-order valence-corrected chi connectivity index (χ3v) is 5.86. The lowest BCUT2D eigenvalue weighted by molar-refractivity contribution is -0.127. The predicted octanol–water partition coefficient (Wildman–Crippen LogP) is 3.64. The molecule has 8 heteroatoms. The summed E-state index contributed by atoms with van der Waals surface area (Å²) in [6.07, 6.45) is 5.19. The van der Waals surface area contributed by atoms with Gasteiger partial charge in [0.25, 0.3) is 0 Å². The predicted molar refractivity (Wildman–Crippen MR) is 147 cm³/mol. The molecule has 2 aromatic carbocycles. The molecule has 0 aliphatic carbocycles. The Kier molecular flexibility index (Phi) is 9.93. The van der Waals surface area contributed by atoms with E-state index in [1.807, 2.05) is 58.2 Å². The number of halogens is 1. The minimum Gasteiger partial charge on any atom is -0.357 e. The highest BCUT2D eigenvalue weighted by Crippen LogP contribution is 2.18. The van der Waals surface area contributed by atoms with E-state index >= 15 is 0 Å². The van der Waals surface area contributed by atoms with Gasteiger partial charge in [0, 0.05) is 50.9 Å². The van der Waals surface area contributed by atoms with E-state index in [0.29, 0.717) is 13.0 Å². The smallest absolute Gasteiger partial charge is 0.223 e. The number of nitrogens with zero attached hydrogens (tertiary/aromatic N) is 4. The molecule has 3 aromatic rings. The lowest BCUT2D eigenvalue weighted by Gasteiger charge is -2.18. The average molecular weight is 572 g/mol. The molecule has 1 saturated heterocycles. The highest BCUT2D eigenvalue weighted by molar-refractivity contribution is 14.0. The van der Waals surface area contributed by atoms with Gasteiger partial charge in [-0.3, -0.25) is 4.79 Å². The summed E-state index contributed by atoms with van der Waals surface area (Å²) in [7, 11) is 0. The maximum atomic E-state index is 12.5. The lowest BCUT2D eigenvalue weighted by Crippen LogP contribution is -2.40. The minimum atomic E-state index is 0. The molecule has 1 amide bonds. The fourth-order valence-corrected chi connectivity index (χ4v) is 4.14. The van der Waals surface area contributed by atoms with E-state index < -0.39 is 0 Å². The maximum Gasteiger partial charge on any atom is 0.223 e. The average Bonchev–Trinajstić information content (AvgIpc) is 3.50. The quantitative estimate of drug-likeness (QED) is 0.234. The first-order valence-electron chi connectivity index (χ1n) is 11.6. The zero-order valence-corrected chi connectivity index (χ0v) is 21.9. The number of carbonyl (C=O) groups excluding carboxylic acids is 1. The molecular weight excluding hydrogens is 539 g/mol. The summed E-state index contributed by atoms with van der Waals surface area (Å²) in [5.41, 5.74) is 3.39. The van der Waals surface area contributed by atoms with Crippen molar-refractivity contribution < 1.29 is 4.79 Å². The fourth-order valence-electron chi connectivity index (χ4n) is 4.14. The van der Waals surface area contributed by atoms with E-state index in [4.69, 9.17) is 4.99 Å². The van der Waals surface area contributed by atoms with E-state index in [2.05, 4.69) is 40.9 Å². The first kappa shape index (κ1) is 25.7. The summed E-state index contributed by atoms with van der Waals surface area (Å²) in [6.45, 7) is 5.66. The Labute approximate surface area is 218 Å². The number of nitrogens with one attached hydrogen (secondary N) is 2. The molecule has 0 bridgehead atoms. The van der Waals surface area contributed by atoms with Gasteiger partial charge in [-0.05, 0) is 36.6 Å². The number of guanidine groups is 1. The second kappa shape index (κ2) is 13.1. The monoisotopic (exact) mass is 572 g/mol. The minimum absolute atomic E-state index is 0. The maximum absolute atomic E-state index is 12.5. The van der Waals surface area contributed by atoms with Gasteiger partial charge in [-0.15, -0.1) is 24.0 Å². The number of hydrogen-bond donors (Lipinski definition) is 2. The Morgan fingerprint density at radius 3 is 2.65 bits per heavy atom. The molecule has 7 nitrogen and oxygen atoms in total. The molecule has 1 aromatic heterocycles. The van der Waals surface area contributed by atoms with Gasteiger partial charge in [-0.1, -0.05) is 48.5 Å². The normalized spacial score (nSPS) is 15.8. The standard InChI is InChI=1S/C26H32N6O.HI/c1-2-27-26(29-19-23-11-6-7-12-24(23)32-15-8-14-30-32)28-18-22-17-25(33)31(20-22)16-13-21-9-4-3-5-10-21;/h3-12,14-15,22H,2,13,16-20H2,1H3,(H2,27,28,29);1H. The largest absolute Gasteiger partial charge is 0.357 e. The van der Waals surface area contributed by atoms with Crippen molar-refractivity contribution in [3.8, 4) is 5.69 Å². The molecule has 4 rings (SSSR count). The van der Waals surface area contributed by atoms with Crippen LogP contribution in [0.5, 0.6) is 0 Å². The van der Waals surface area contributed by atoms with E-state index in [-0.39, 0.29) is 35.8 Å². The Morgan fingerprint density at radius 1 is 1.09 bits per heavy atom. The van der Waals surface area contributed by atoms with Gasteiger partial charge in [0.05, 0.1) is 12.2 Å². The molecule has 34 heavy (non-hydrogen) atoms. The van der Waals surface area contributed by atoms with Crippen molar-refractivity contribution in [3.05, 3.63) is 84.2 Å². The van der Waals surface area contributed by atoms with Crippen LogP contribution in [0.15, 0.2) is 78.0 Å². The number of benzene rings is 2. The van der Waals surface area contributed by atoms with Crippen molar-refractivity contribution in [2.45, 2.75) is 26.3 Å². The van der Waals surface area contributed by atoms with Crippen LogP contribution in [0.4, 0.5) is 0 Å². The Balaban J connectivity index is 0.00000324. The molecular formula is C26H33IN6O. The highest BCUT2D eigenvalue weighted by Gasteiger charge is 2.29. The van der Waals surface area contributed by atoms with Gasteiger partial charge in [-0.25, -0.2) is 9.67 Å². The Morgan fingerprint density at radius 2 is 1.88 bits per heavy atom. The molecule has 0 radical (unpaired) electrons. The molecule has 0 saturated carbocycles. The Hall–Kier alpha value is -2.88. The number of para-hydroxylation sites is 1. The van der Waals surface area contributed by atoms with Crippen LogP contribution in [0.2, 0.25) is 0 Å². The van der Waals surface area contributed by atoms with Crippen molar-refractivity contribution in [1.82, 2.24) is 25.3 Å². The first-order valence-corrected chi connectivity index (χ1v) is 11.6. The lowest BCUT2D eigenvalue weighted by atomic mass is 10.1. The molecule has 1 atom stereocenters. The number of aliphatic imine (C=N–C) groups is 1. The van der Waals surface area contributed by atoms with Crippen LogP contribution in [-0.4, -0.2) is 52.7 Å². The summed E-state index contributed by atoms with van der Waals surface area (Å²) < 4.78 is 1.86. The number of rotatable bonds is 9. The molecule has 2 heterocycles. The van der Waals surface area contributed by atoms with Crippen molar-refractivity contribution in [3.63, 3.8) is 0 Å². The van der Waals surface area contributed by atoms with Crippen molar-refractivity contribution in [2.24, 2.45) is 10.9 Å². The second-order valence-electron chi connectivity index (χ2n) is 8.30. The zero-order valence-electron chi connectivity index (χ0n) is 19.6. The molecule has 1 aliphatic rings. The number of aromatic nitrogens is 2. The van der Waals surface area contributed by atoms with Crippen LogP contribution in [0, 0.1) is 5.92 Å². The first-order chi connectivity index (χ1) is 16.2. The number of carbonyl (C=O) groups is 1. The summed E-state index contributed by atoms with van der Waals surface area (Å²) in [6, 6.07) is 20.4. The van der Waals surface area contributed by atoms with Crippen molar-refractivity contribution >= 4 is 35.8 Å². The van der Waals surface area contributed by atoms with Gasteiger partial charge >= 0.3 is 0 Å². The zero-order chi connectivity index (χ0) is 22.9. The van der Waals surface area contributed by atoms with Crippen LogP contribution >= 0.6 is 24.0 Å². The molecule has 180 valence electrons. The molecule has 0 spiro atoms. The van der Waals surface area contributed by atoms with E-state index in [0.717, 1.165) is 49.8 Å². The van der Waals surface area contributed by atoms with Gasteiger partial charge in [0.1, 0.15) is 0 Å². The van der Waals surface area contributed by atoms with Crippen LogP contribution in [0.3, 0.4) is 0 Å². The van der Waals surface area contributed by atoms with Crippen molar-refractivity contribution in [2.75, 3.05) is 26.2 Å². The van der Waals surface area contributed by atoms with Gasteiger partial charge in [0.15, 0.2) is 5.96 Å². The summed E-state index contributed by atoms with van der Waals surface area (Å²) in [5, 5.41) is 11.1. The fraction of sp³-hybridized carbons (Fsp3) is 0.346. The summed E-state index contributed by atoms with van der Waals surface area (Å²) in [5.74, 6) is 1.30. The van der Waals surface area contributed by atoms with Crippen LogP contribution in [-0.2, 0) is 17.8 Å². The van der Waals surface area contributed by atoms with E-state index in [1.54, 1.807) is 6.20 Å². The van der Waals surface area contributed by atoms with E-state index in [1.165, 1.54) is 5.56 Å². The third-order valence-electron chi connectivity index (χ3n) is 5.86. The molecule has 2 N–H and O–H groups in total. The topological polar surface area (TPSA) is 74.5 Å². The second-order valence-corrected chi connectivity index (χ2v) is 8.30. The van der Waals surface area contributed by atoms with Gasteiger partial charge < -0.3 is 15.5 Å². The summed E-state index contributed by atoms with van der Waals surface area (Å²) >= 11 is 0. The van der Waals surface area contributed by atoms with E-state index in [9.17, 15) is 4.79 Å². The van der Waals surface area contributed by atoms with Crippen LogP contribution < -0.4 is 10.6 Å². The number of likely N-dealkylation sites (tertiary alicyclic amines) is 1. The molecule has 1 aliphatic heterocycles. The highest BCUT2D eigenvalue weighted by atomic mass is 127. The van der Waals surface area contributed by atoms with Crippen LogP contribution in [0.25, 0.3) is 5.69 Å². The Bertz CT molecular complexity index is 1050. The molecule has 1 fully saturated rings. The third kappa shape index (κ3) is 7.06. The number of hydrogen-bond acceptors (Lipinski definition) is 3. The van der Waals surface area contributed by atoms with Gasteiger partial charge in [-0.2, -0.15) is 5.10 Å². The molecule has 1 unspecified atom stereocenters. The SMILES string of the molecule is CCNC(=NCc1ccccc1-n1cccn1)NCC1CC(=O)N(CCc2ccccc2)C1.I. The summed E-state index contributed by atoms with van der Waals surface area (Å²) in [4.78, 5) is 19.3.